The Morgan fingerprint density at radius 3 is 2.12 bits per heavy atom. The molecule has 1 nitrogen and oxygen atoms in total. The molecule has 1 saturated carbocycles. The number of nitrogens with one attached hydrogen (secondary N) is 1. The molecule has 0 amide bonds. The second-order valence-corrected chi connectivity index (χ2v) is 6.70. The molecule has 1 aliphatic carbocycles. The van der Waals surface area contributed by atoms with Crippen LogP contribution >= 0.6 is 0 Å². The van der Waals surface area contributed by atoms with Crippen molar-refractivity contribution in [2.24, 2.45) is 17.3 Å². The monoisotopic (exact) mass is 225 g/mol. The Bertz CT molecular complexity index is 176. The maximum Gasteiger partial charge on any atom is 0.000528 e. The molecule has 1 N–H and O–H groups in total. The molecule has 0 spiro atoms. The van der Waals surface area contributed by atoms with Crippen molar-refractivity contribution in [2.45, 2.75) is 66.2 Å². The van der Waals surface area contributed by atoms with Crippen molar-refractivity contribution in [3.8, 4) is 0 Å². The van der Waals surface area contributed by atoms with Gasteiger partial charge in [-0.2, -0.15) is 0 Å². The molecule has 96 valence electrons. The first-order chi connectivity index (χ1) is 7.52. The predicted octanol–water partition coefficient (Wildman–Crippen LogP) is 4.23. The Morgan fingerprint density at radius 1 is 1.06 bits per heavy atom. The van der Waals surface area contributed by atoms with Gasteiger partial charge in [-0.25, -0.2) is 0 Å². The summed E-state index contributed by atoms with van der Waals surface area (Å²) in [5, 5.41) is 3.64. The summed E-state index contributed by atoms with van der Waals surface area (Å²) in [6.45, 7) is 11.8. The van der Waals surface area contributed by atoms with Crippen molar-refractivity contribution in [1.29, 1.82) is 0 Å². The van der Waals surface area contributed by atoms with Crippen LogP contribution in [0.25, 0.3) is 0 Å². The van der Waals surface area contributed by atoms with Crippen LogP contribution in [0, 0.1) is 17.3 Å². The van der Waals surface area contributed by atoms with Crippen LogP contribution in [0.3, 0.4) is 0 Å². The molecule has 0 heterocycles. The van der Waals surface area contributed by atoms with E-state index in [0.717, 1.165) is 18.4 Å². The molecule has 1 heteroatoms. The lowest BCUT2D eigenvalue weighted by molar-refractivity contribution is 0.181. The van der Waals surface area contributed by atoms with E-state index in [1.54, 1.807) is 0 Å². The molecule has 0 unspecified atom stereocenters. The molecule has 0 aromatic heterocycles. The van der Waals surface area contributed by atoms with E-state index in [1.165, 1.54) is 45.1 Å². The van der Waals surface area contributed by atoms with E-state index in [0.29, 0.717) is 5.41 Å². The minimum atomic E-state index is 0.485. The zero-order chi connectivity index (χ0) is 12.0. The Morgan fingerprint density at radius 2 is 1.62 bits per heavy atom. The summed E-state index contributed by atoms with van der Waals surface area (Å²) in [6.07, 6.45) is 8.75. The molecular formula is C15H31N. The average molecular weight is 225 g/mol. The highest BCUT2D eigenvalue weighted by Crippen LogP contribution is 2.36. The quantitative estimate of drug-likeness (QED) is 0.691. The predicted molar refractivity (Wildman–Crippen MR) is 72.7 cm³/mol. The maximum atomic E-state index is 3.64. The highest BCUT2D eigenvalue weighted by atomic mass is 14.9. The third kappa shape index (κ3) is 4.86. The van der Waals surface area contributed by atoms with E-state index < -0.39 is 0 Å². The summed E-state index contributed by atoms with van der Waals surface area (Å²) < 4.78 is 0. The minimum Gasteiger partial charge on any atom is -0.316 e. The van der Waals surface area contributed by atoms with Crippen molar-refractivity contribution < 1.29 is 0 Å². The zero-order valence-electron chi connectivity index (χ0n) is 11.8. The van der Waals surface area contributed by atoms with Crippen LogP contribution in [0.5, 0.6) is 0 Å². The van der Waals surface area contributed by atoms with Gasteiger partial charge in [-0.15, -0.1) is 0 Å². The fourth-order valence-electron chi connectivity index (χ4n) is 2.89. The third-order valence-electron chi connectivity index (χ3n) is 4.09. The summed E-state index contributed by atoms with van der Waals surface area (Å²) in [5.74, 6) is 1.71. The van der Waals surface area contributed by atoms with E-state index in [1.807, 2.05) is 0 Å². The smallest absolute Gasteiger partial charge is 0.000528 e. The first-order valence-electron chi connectivity index (χ1n) is 7.23. The molecule has 1 aliphatic rings. The third-order valence-corrected chi connectivity index (χ3v) is 4.09. The summed E-state index contributed by atoms with van der Waals surface area (Å²) in [4.78, 5) is 0. The van der Waals surface area contributed by atoms with Crippen LogP contribution in [-0.4, -0.2) is 13.1 Å². The van der Waals surface area contributed by atoms with E-state index in [2.05, 4.69) is 33.0 Å². The number of hydrogen-bond donors (Lipinski definition) is 1. The van der Waals surface area contributed by atoms with Crippen LogP contribution in [0.15, 0.2) is 0 Å². The Hall–Kier alpha value is -0.0400. The van der Waals surface area contributed by atoms with Gasteiger partial charge in [0.05, 0.1) is 0 Å². The van der Waals surface area contributed by atoms with Crippen molar-refractivity contribution >= 4 is 0 Å². The molecule has 0 bridgehead atoms. The molecule has 16 heavy (non-hydrogen) atoms. The molecule has 0 aromatic rings. The second-order valence-electron chi connectivity index (χ2n) is 6.70. The van der Waals surface area contributed by atoms with E-state index in [-0.39, 0.29) is 0 Å². The molecule has 0 aliphatic heterocycles. The topological polar surface area (TPSA) is 12.0 Å². The lowest BCUT2D eigenvalue weighted by Crippen LogP contribution is -2.37. The van der Waals surface area contributed by atoms with Crippen molar-refractivity contribution in [3.63, 3.8) is 0 Å². The van der Waals surface area contributed by atoms with Gasteiger partial charge < -0.3 is 5.32 Å². The summed E-state index contributed by atoms with van der Waals surface area (Å²) in [5.41, 5.74) is 0.485. The molecule has 0 radical (unpaired) electrons. The normalized spacial score (nSPS) is 20.1. The first kappa shape index (κ1) is 14.0. The number of hydrogen-bond acceptors (Lipinski definition) is 1. The van der Waals surface area contributed by atoms with Gasteiger partial charge in [0.15, 0.2) is 0 Å². The summed E-state index contributed by atoms with van der Waals surface area (Å²) in [7, 11) is 0. The molecule has 1 rings (SSSR count). The van der Waals surface area contributed by atoms with Gasteiger partial charge in [0.2, 0.25) is 0 Å². The SMILES string of the molecule is CC(C)CNCC(C)(C)C1CCCCCC1. The van der Waals surface area contributed by atoms with Crippen LogP contribution in [-0.2, 0) is 0 Å². The van der Waals surface area contributed by atoms with Gasteiger partial charge in [-0.05, 0) is 36.6 Å². The number of rotatable bonds is 5. The largest absolute Gasteiger partial charge is 0.316 e. The van der Waals surface area contributed by atoms with Gasteiger partial charge in [0, 0.05) is 6.54 Å². The fraction of sp³-hybridized carbons (Fsp3) is 1.00. The van der Waals surface area contributed by atoms with Gasteiger partial charge in [-0.3, -0.25) is 0 Å². The summed E-state index contributed by atoms with van der Waals surface area (Å²) in [6, 6.07) is 0. The van der Waals surface area contributed by atoms with Gasteiger partial charge in [0.1, 0.15) is 0 Å². The van der Waals surface area contributed by atoms with E-state index >= 15 is 0 Å². The van der Waals surface area contributed by atoms with Crippen LogP contribution in [0.1, 0.15) is 66.2 Å². The van der Waals surface area contributed by atoms with Crippen LogP contribution < -0.4 is 5.32 Å². The van der Waals surface area contributed by atoms with Crippen molar-refractivity contribution in [1.82, 2.24) is 5.32 Å². The maximum absolute atomic E-state index is 3.64. The minimum absolute atomic E-state index is 0.485. The van der Waals surface area contributed by atoms with E-state index in [4.69, 9.17) is 0 Å². The highest BCUT2D eigenvalue weighted by molar-refractivity contribution is 4.82. The van der Waals surface area contributed by atoms with Crippen LogP contribution in [0.4, 0.5) is 0 Å². The summed E-state index contributed by atoms with van der Waals surface area (Å²) >= 11 is 0. The average Bonchev–Trinajstić information content (AvgIpc) is 2.44. The fourth-order valence-corrected chi connectivity index (χ4v) is 2.89. The van der Waals surface area contributed by atoms with Crippen molar-refractivity contribution in [2.75, 3.05) is 13.1 Å². The molecule has 0 aromatic carbocycles. The first-order valence-corrected chi connectivity index (χ1v) is 7.23. The van der Waals surface area contributed by atoms with Crippen LogP contribution in [0.2, 0.25) is 0 Å². The lowest BCUT2D eigenvalue weighted by atomic mass is 9.74. The Labute approximate surface area is 102 Å². The van der Waals surface area contributed by atoms with Crippen molar-refractivity contribution in [3.05, 3.63) is 0 Å². The molecule has 1 fully saturated rings. The van der Waals surface area contributed by atoms with E-state index in [9.17, 15) is 0 Å². The standard InChI is InChI=1S/C15H31N/c1-13(2)11-16-12-15(3,4)14-9-7-5-6-8-10-14/h13-14,16H,5-12H2,1-4H3. The van der Waals surface area contributed by atoms with Gasteiger partial charge >= 0.3 is 0 Å². The molecule has 0 saturated heterocycles. The second kappa shape index (κ2) is 6.64. The zero-order valence-corrected chi connectivity index (χ0v) is 11.8. The molecule has 0 atom stereocenters. The lowest BCUT2D eigenvalue weighted by Gasteiger charge is -2.34. The Kier molecular flexibility index (Phi) is 5.82. The highest BCUT2D eigenvalue weighted by Gasteiger charge is 2.29. The van der Waals surface area contributed by atoms with Gasteiger partial charge in [0.25, 0.3) is 0 Å². The molecular weight excluding hydrogens is 194 g/mol. The Balaban J connectivity index is 2.34. The van der Waals surface area contributed by atoms with Gasteiger partial charge in [-0.1, -0.05) is 53.4 Å².